The normalized spacial score (nSPS) is 12.4. The second-order valence-corrected chi connectivity index (χ2v) is 5.58. The van der Waals surface area contributed by atoms with Crippen molar-refractivity contribution >= 4 is 15.9 Å². The van der Waals surface area contributed by atoms with Crippen molar-refractivity contribution in [3.05, 3.63) is 63.6 Å². The van der Waals surface area contributed by atoms with Crippen LogP contribution in [0.4, 0.5) is 4.39 Å². The van der Waals surface area contributed by atoms with Crippen LogP contribution in [0.3, 0.4) is 0 Å². The summed E-state index contributed by atoms with van der Waals surface area (Å²) in [6.45, 7) is 2.13. The molecule has 0 saturated heterocycles. The zero-order chi connectivity index (χ0) is 14.5. The number of aromatic nitrogens is 1. The van der Waals surface area contributed by atoms with Gasteiger partial charge in [-0.1, -0.05) is 13.0 Å². The SMILES string of the molecule is CCc1cnccc1C(Cc1ccc(F)c(Br)c1)NC. The van der Waals surface area contributed by atoms with Crippen molar-refractivity contribution in [2.45, 2.75) is 25.8 Å². The number of benzene rings is 1. The maximum atomic E-state index is 13.3. The lowest BCUT2D eigenvalue weighted by Gasteiger charge is -2.19. The van der Waals surface area contributed by atoms with Crippen molar-refractivity contribution in [2.24, 2.45) is 0 Å². The summed E-state index contributed by atoms with van der Waals surface area (Å²) in [5.74, 6) is -0.229. The number of nitrogens with one attached hydrogen (secondary N) is 1. The smallest absolute Gasteiger partial charge is 0.137 e. The van der Waals surface area contributed by atoms with E-state index >= 15 is 0 Å². The minimum atomic E-state index is -0.229. The van der Waals surface area contributed by atoms with Crippen LogP contribution in [0, 0.1) is 5.82 Å². The Kier molecular flexibility index (Phi) is 5.26. The zero-order valence-electron chi connectivity index (χ0n) is 11.7. The fraction of sp³-hybridized carbons (Fsp3) is 0.312. The Morgan fingerprint density at radius 3 is 2.80 bits per heavy atom. The van der Waals surface area contributed by atoms with Gasteiger partial charge < -0.3 is 5.32 Å². The summed E-state index contributed by atoms with van der Waals surface area (Å²) >= 11 is 3.24. The average molecular weight is 337 g/mol. The molecule has 1 heterocycles. The highest BCUT2D eigenvalue weighted by Crippen LogP contribution is 2.24. The van der Waals surface area contributed by atoms with Gasteiger partial charge in [-0.3, -0.25) is 4.98 Å². The molecule has 0 aliphatic rings. The third-order valence-corrected chi connectivity index (χ3v) is 4.08. The van der Waals surface area contributed by atoms with Crippen molar-refractivity contribution in [3.8, 4) is 0 Å². The Labute approximate surface area is 127 Å². The minimum Gasteiger partial charge on any atom is -0.313 e. The maximum absolute atomic E-state index is 13.3. The Hall–Kier alpha value is -1.26. The van der Waals surface area contributed by atoms with E-state index in [1.165, 1.54) is 17.2 Å². The molecule has 1 unspecified atom stereocenters. The van der Waals surface area contributed by atoms with Gasteiger partial charge in [0.15, 0.2) is 0 Å². The van der Waals surface area contributed by atoms with E-state index in [1.807, 2.05) is 31.6 Å². The summed E-state index contributed by atoms with van der Waals surface area (Å²) in [5.41, 5.74) is 3.59. The summed E-state index contributed by atoms with van der Waals surface area (Å²) in [4.78, 5) is 4.18. The molecule has 1 N–H and O–H groups in total. The number of nitrogens with zero attached hydrogens (tertiary/aromatic N) is 1. The van der Waals surface area contributed by atoms with Gasteiger partial charge in [0.1, 0.15) is 5.82 Å². The Balaban J connectivity index is 2.26. The topological polar surface area (TPSA) is 24.9 Å². The highest BCUT2D eigenvalue weighted by molar-refractivity contribution is 9.10. The fourth-order valence-corrected chi connectivity index (χ4v) is 2.77. The predicted molar refractivity (Wildman–Crippen MR) is 83.2 cm³/mol. The van der Waals surface area contributed by atoms with E-state index < -0.39 is 0 Å². The largest absolute Gasteiger partial charge is 0.313 e. The van der Waals surface area contributed by atoms with Crippen LogP contribution >= 0.6 is 15.9 Å². The predicted octanol–water partition coefficient (Wildman–Crippen LogP) is 4.05. The summed E-state index contributed by atoms with van der Waals surface area (Å²) in [6, 6.07) is 7.42. The molecule has 2 aromatic rings. The summed E-state index contributed by atoms with van der Waals surface area (Å²) in [5, 5.41) is 3.34. The molecule has 1 aromatic heterocycles. The van der Waals surface area contributed by atoms with Crippen LogP contribution in [0.25, 0.3) is 0 Å². The van der Waals surface area contributed by atoms with Gasteiger partial charge in [0.05, 0.1) is 4.47 Å². The van der Waals surface area contributed by atoms with Gasteiger partial charge in [-0.15, -0.1) is 0 Å². The van der Waals surface area contributed by atoms with E-state index in [1.54, 1.807) is 0 Å². The standard InChI is InChI=1S/C16H18BrFN2/c1-3-12-10-20-7-6-13(12)16(19-2)9-11-4-5-15(18)14(17)8-11/h4-8,10,16,19H,3,9H2,1-2H3. The molecule has 2 nitrogen and oxygen atoms in total. The van der Waals surface area contributed by atoms with E-state index in [4.69, 9.17) is 0 Å². The summed E-state index contributed by atoms with van der Waals surface area (Å²) in [7, 11) is 1.95. The van der Waals surface area contributed by atoms with Gasteiger partial charge in [0.2, 0.25) is 0 Å². The molecule has 0 aliphatic heterocycles. The highest BCUT2D eigenvalue weighted by Gasteiger charge is 2.14. The van der Waals surface area contributed by atoms with Crippen molar-refractivity contribution in [1.82, 2.24) is 10.3 Å². The third kappa shape index (κ3) is 3.44. The molecular weight excluding hydrogens is 319 g/mol. The fourth-order valence-electron chi connectivity index (χ4n) is 2.34. The Bertz CT molecular complexity index is 586. The highest BCUT2D eigenvalue weighted by atomic mass is 79.9. The second-order valence-electron chi connectivity index (χ2n) is 4.72. The summed E-state index contributed by atoms with van der Waals surface area (Å²) in [6.07, 6.45) is 5.50. The molecular formula is C16H18BrFN2. The number of aryl methyl sites for hydroxylation is 1. The van der Waals surface area contributed by atoms with Crippen LogP contribution in [0.5, 0.6) is 0 Å². The number of halogens is 2. The number of pyridine rings is 1. The molecule has 106 valence electrons. The number of hydrogen-bond acceptors (Lipinski definition) is 2. The molecule has 0 bridgehead atoms. The molecule has 0 radical (unpaired) electrons. The summed E-state index contributed by atoms with van der Waals surface area (Å²) < 4.78 is 13.8. The number of hydrogen-bond donors (Lipinski definition) is 1. The first-order chi connectivity index (χ1) is 9.65. The molecule has 20 heavy (non-hydrogen) atoms. The van der Waals surface area contributed by atoms with Crippen LogP contribution in [0.15, 0.2) is 41.1 Å². The Morgan fingerprint density at radius 2 is 2.15 bits per heavy atom. The minimum absolute atomic E-state index is 0.199. The van der Waals surface area contributed by atoms with Crippen LogP contribution in [-0.4, -0.2) is 12.0 Å². The van der Waals surface area contributed by atoms with Gasteiger partial charge in [-0.25, -0.2) is 4.39 Å². The Morgan fingerprint density at radius 1 is 1.35 bits per heavy atom. The molecule has 0 amide bonds. The first-order valence-corrected chi connectivity index (χ1v) is 7.49. The lowest BCUT2D eigenvalue weighted by Crippen LogP contribution is -2.20. The molecule has 4 heteroatoms. The lowest BCUT2D eigenvalue weighted by molar-refractivity contribution is 0.582. The van der Waals surface area contributed by atoms with Crippen molar-refractivity contribution < 1.29 is 4.39 Å². The van der Waals surface area contributed by atoms with E-state index in [0.717, 1.165) is 18.4 Å². The average Bonchev–Trinajstić information content (AvgIpc) is 2.48. The van der Waals surface area contributed by atoms with Crippen LogP contribution < -0.4 is 5.32 Å². The second kappa shape index (κ2) is 6.95. The quantitative estimate of drug-likeness (QED) is 0.890. The first-order valence-electron chi connectivity index (χ1n) is 6.69. The molecule has 2 rings (SSSR count). The van der Waals surface area contributed by atoms with E-state index in [2.05, 4.69) is 39.2 Å². The molecule has 0 spiro atoms. The van der Waals surface area contributed by atoms with Gasteiger partial charge in [-0.05, 0) is 70.7 Å². The van der Waals surface area contributed by atoms with Gasteiger partial charge in [0.25, 0.3) is 0 Å². The van der Waals surface area contributed by atoms with Gasteiger partial charge in [-0.2, -0.15) is 0 Å². The lowest BCUT2D eigenvalue weighted by atomic mass is 9.95. The molecule has 0 saturated carbocycles. The zero-order valence-corrected chi connectivity index (χ0v) is 13.2. The maximum Gasteiger partial charge on any atom is 0.137 e. The van der Waals surface area contributed by atoms with Crippen molar-refractivity contribution in [1.29, 1.82) is 0 Å². The first kappa shape index (κ1) is 15.1. The van der Waals surface area contributed by atoms with E-state index in [9.17, 15) is 4.39 Å². The molecule has 1 aromatic carbocycles. The third-order valence-electron chi connectivity index (χ3n) is 3.47. The number of rotatable bonds is 5. The van der Waals surface area contributed by atoms with Crippen LogP contribution in [-0.2, 0) is 12.8 Å². The van der Waals surface area contributed by atoms with Crippen molar-refractivity contribution in [3.63, 3.8) is 0 Å². The van der Waals surface area contributed by atoms with Crippen LogP contribution in [0.1, 0.15) is 29.7 Å². The van der Waals surface area contributed by atoms with E-state index in [-0.39, 0.29) is 11.9 Å². The molecule has 0 aliphatic carbocycles. The monoisotopic (exact) mass is 336 g/mol. The van der Waals surface area contributed by atoms with Gasteiger partial charge in [0, 0.05) is 18.4 Å². The molecule has 1 atom stereocenters. The molecule has 0 fully saturated rings. The van der Waals surface area contributed by atoms with Crippen LogP contribution in [0.2, 0.25) is 0 Å². The van der Waals surface area contributed by atoms with E-state index in [0.29, 0.717) is 4.47 Å². The number of likely N-dealkylation sites (N-methyl/N-ethyl adjacent to an activating group) is 1. The van der Waals surface area contributed by atoms with Crippen molar-refractivity contribution in [2.75, 3.05) is 7.05 Å². The van der Waals surface area contributed by atoms with Gasteiger partial charge >= 0.3 is 0 Å².